The number of likely N-dealkylation sites (N-methyl/N-ethyl adjacent to an activating group) is 1. The van der Waals surface area contributed by atoms with Crippen molar-refractivity contribution in [1.82, 2.24) is 25.1 Å². The van der Waals surface area contributed by atoms with Crippen LogP contribution in [0.25, 0.3) is 22.2 Å². The highest BCUT2D eigenvalue weighted by molar-refractivity contribution is 5.94. The number of carbonyl (C=O) groups excluding carboxylic acids is 1. The van der Waals surface area contributed by atoms with E-state index < -0.39 is 5.82 Å². The fourth-order valence-electron chi connectivity index (χ4n) is 3.91. The van der Waals surface area contributed by atoms with Crippen molar-refractivity contribution < 1.29 is 14.3 Å². The van der Waals surface area contributed by atoms with Crippen LogP contribution in [-0.4, -0.2) is 62.3 Å². The minimum atomic E-state index is -0.488. The third-order valence-electron chi connectivity index (χ3n) is 5.70. The Labute approximate surface area is 214 Å². The van der Waals surface area contributed by atoms with Crippen LogP contribution in [0.2, 0.25) is 0 Å². The molecule has 0 atom stereocenters. The highest BCUT2D eigenvalue weighted by Gasteiger charge is 2.15. The topological polar surface area (TPSA) is 119 Å². The molecule has 0 aliphatic heterocycles. The molecule has 0 radical (unpaired) electrons. The summed E-state index contributed by atoms with van der Waals surface area (Å²) in [4.78, 5) is 22.4. The molecule has 0 fully saturated rings. The van der Waals surface area contributed by atoms with E-state index in [0.29, 0.717) is 36.0 Å². The van der Waals surface area contributed by atoms with Gasteiger partial charge in [-0.1, -0.05) is 24.8 Å². The van der Waals surface area contributed by atoms with E-state index in [1.54, 1.807) is 12.1 Å². The maximum Gasteiger partial charge on any atom is 0.221 e. The number of nitrogens with zero attached hydrogens (tertiary/aromatic N) is 4. The van der Waals surface area contributed by atoms with Gasteiger partial charge in [0.1, 0.15) is 18.0 Å². The highest BCUT2D eigenvalue weighted by atomic mass is 19.1. The first kappa shape index (κ1) is 25.8. The molecule has 0 saturated heterocycles. The average molecular weight is 502 g/mol. The van der Waals surface area contributed by atoms with Gasteiger partial charge in [0.15, 0.2) is 5.82 Å². The second-order valence-electron chi connectivity index (χ2n) is 8.30. The molecular weight excluding hydrogens is 473 g/mol. The van der Waals surface area contributed by atoms with Gasteiger partial charge in [-0.2, -0.15) is 5.10 Å². The Morgan fingerprint density at radius 2 is 2.05 bits per heavy atom. The van der Waals surface area contributed by atoms with Gasteiger partial charge in [0.05, 0.1) is 29.1 Å². The standard InChI is InChI=1S/C27H28FN7O2/c1-3-35(13-14-36)12-5-4-7-19-10-11-20-23(15-19)29-17-30-27(20)32-25-16-24(33-34-25)26-21(28)8-6-9-22(26)31-18(2)37/h6,8-11,15-17,36H,3,5,12-14H2,1-2H3,(H,31,37)(H2,29,30,32,33,34). The van der Waals surface area contributed by atoms with E-state index in [2.05, 4.69) is 54.5 Å². The van der Waals surface area contributed by atoms with Gasteiger partial charge in [-0.3, -0.25) is 9.89 Å². The van der Waals surface area contributed by atoms with Crippen LogP contribution < -0.4 is 10.6 Å². The minimum absolute atomic E-state index is 0.142. The van der Waals surface area contributed by atoms with Crippen LogP contribution in [0.5, 0.6) is 0 Å². The van der Waals surface area contributed by atoms with Gasteiger partial charge in [0.2, 0.25) is 5.91 Å². The first-order valence-electron chi connectivity index (χ1n) is 11.9. The zero-order valence-corrected chi connectivity index (χ0v) is 20.7. The number of carbonyl (C=O) groups is 1. The van der Waals surface area contributed by atoms with Crippen LogP contribution in [-0.2, 0) is 4.79 Å². The molecule has 190 valence electrons. The molecule has 10 heteroatoms. The number of halogens is 1. The lowest BCUT2D eigenvalue weighted by molar-refractivity contribution is -0.114. The molecule has 4 rings (SSSR count). The van der Waals surface area contributed by atoms with Crippen molar-refractivity contribution in [2.75, 3.05) is 36.9 Å². The lowest BCUT2D eigenvalue weighted by Crippen LogP contribution is -2.27. The molecule has 37 heavy (non-hydrogen) atoms. The fraction of sp³-hybridized carbons (Fsp3) is 0.259. The average Bonchev–Trinajstić information content (AvgIpc) is 3.33. The van der Waals surface area contributed by atoms with Gasteiger partial charge >= 0.3 is 0 Å². The van der Waals surface area contributed by atoms with Crippen LogP contribution in [0.1, 0.15) is 25.8 Å². The van der Waals surface area contributed by atoms with E-state index >= 15 is 0 Å². The van der Waals surface area contributed by atoms with E-state index in [1.807, 2.05) is 18.2 Å². The van der Waals surface area contributed by atoms with Crippen molar-refractivity contribution in [3.63, 3.8) is 0 Å². The number of hydrogen-bond acceptors (Lipinski definition) is 7. The van der Waals surface area contributed by atoms with Crippen molar-refractivity contribution in [3.8, 4) is 23.1 Å². The quantitative estimate of drug-likeness (QED) is 0.257. The van der Waals surface area contributed by atoms with Crippen molar-refractivity contribution in [3.05, 3.63) is 60.2 Å². The normalized spacial score (nSPS) is 10.8. The molecule has 1 amide bonds. The van der Waals surface area contributed by atoms with E-state index in [9.17, 15) is 9.18 Å². The maximum atomic E-state index is 14.6. The molecular formula is C27H28FN7O2. The number of hydrogen-bond donors (Lipinski definition) is 4. The Morgan fingerprint density at radius 1 is 1.19 bits per heavy atom. The van der Waals surface area contributed by atoms with Gasteiger partial charge in [0, 0.05) is 43.5 Å². The van der Waals surface area contributed by atoms with Crippen LogP contribution in [0.15, 0.2) is 48.8 Å². The van der Waals surface area contributed by atoms with Gasteiger partial charge in [-0.05, 0) is 36.9 Å². The Hall–Kier alpha value is -4.33. The second kappa shape index (κ2) is 12.1. The van der Waals surface area contributed by atoms with Crippen molar-refractivity contribution in [1.29, 1.82) is 0 Å². The first-order chi connectivity index (χ1) is 18.0. The molecule has 0 spiro atoms. The maximum absolute atomic E-state index is 14.6. The summed E-state index contributed by atoms with van der Waals surface area (Å²) in [5.41, 5.74) is 2.53. The SMILES string of the molecule is CCN(CCO)CCC#Cc1ccc2c(Nc3cc(-c4c(F)cccc4NC(C)=O)[nH]n3)ncnc2c1. The Balaban J connectivity index is 1.52. The largest absolute Gasteiger partial charge is 0.395 e. The molecule has 0 bridgehead atoms. The van der Waals surface area contributed by atoms with Gasteiger partial charge < -0.3 is 20.6 Å². The summed E-state index contributed by atoms with van der Waals surface area (Å²) in [6.07, 6.45) is 2.16. The van der Waals surface area contributed by atoms with Crippen molar-refractivity contribution in [2.24, 2.45) is 0 Å². The fourth-order valence-corrected chi connectivity index (χ4v) is 3.91. The number of aliphatic hydroxyl groups is 1. The van der Waals surface area contributed by atoms with Crippen LogP contribution in [0.3, 0.4) is 0 Å². The lowest BCUT2D eigenvalue weighted by Gasteiger charge is -2.16. The molecule has 4 aromatic rings. The first-order valence-corrected chi connectivity index (χ1v) is 11.9. The number of fused-ring (bicyclic) bond motifs is 1. The summed E-state index contributed by atoms with van der Waals surface area (Å²) >= 11 is 0. The van der Waals surface area contributed by atoms with E-state index in [-0.39, 0.29) is 18.1 Å². The van der Waals surface area contributed by atoms with Crippen molar-refractivity contribution in [2.45, 2.75) is 20.3 Å². The van der Waals surface area contributed by atoms with Crippen LogP contribution in [0.4, 0.5) is 21.7 Å². The van der Waals surface area contributed by atoms with E-state index in [4.69, 9.17) is 5.11 Å². The van der Waals surface area contributed by atoms with Gasteiger partial charge in [-0.15, -0.1) is 0 Å². The summed E-state index contributed by atoms with van der Waals surface area (Å²) < 4.78 is 14.6. The molecule has 2 heterocycles. The number of anilines is 3. The molecule has 9 nitrogen and oxygen atoms in total. The summed E-state index contributed by atoms with van der Waals surface area (Å²) in [5, 5.41) is 22.7. The molecule has 2 aromatic carbocycles. The zero-order valence-electron chi connectivity index (χ0n) is 20.7. The molecule has 0 aliphatic carbocycles. The van der Waals surface area contributed by atoms with Crippen LogP contribution in [0, 0.1) is 17.7 Å². The summed E-state index contributed by atoms with van der Waals surface area (Å²) in [7, 11) is 0. The smallest absolute Gasteiger partial charge is 0.221 e. The number of rotatable bonds is 9. The van der Waals surface area contributed by atoms with Crippen LogP contribution >= 0.6 is 0 Å². The number of aliphatic hydroxyl groups excluding tert-OH is 1. The third-order valence-corrected chi connectivity index (χ3v) is 5.70. The molecule has 0 aliphatic rings. The molecule has 4 N–H and O–H groups in total. The van der Waals surface area contributed by atoms with E-state index in [1.165, 1.54) is 25.4 Å². The third kappa shape index (κ3) is 6.46. The molecule has 2 aromatic heterocycles. The number of H-pyrrole nitrogens is 1. The minimum Gasteiger partial charge on any atom is -0.395 e. The molecule has 0 saturated carbocycles. The Kier molecular flexibility index (Phi) is 8.40. The van der Waals surface area contributed by atoms with Gasteiger partial charge in [-0.25, -0.2) is 14.4 Å². The Morgan fingerprint density at radius 3 is 2.84 bits per heavy atom. The highest BCUT2D eigenvalue weighted by Crippen LogP contribution is 2.32. The monoisotopic (exact) mass is 501 g/mol. The Bertz CT molecular complexity index is 1460. The zero-order chi connectivity index (χ0) is 26.2. The predicted octanol–water partition coefficient (Wildman–Crippen LogP) is 3.92. The summed E-state index contributed by atoms with van der Waals surface area (Å²) in [6, 6.07) is 11.8. The number of amides is 1. The number of aromatic amines is 1. The summed E-state index contributed by atoms with van der Waals surface area (Å²) in [5.74, 6) is 6.53. The summed E-state index contributed by atoms with van der Waals surface area (Å²) in [6.45, 7) is 5.89. The van der Waals surface area contributed by atoms with Gasteiger partial charge in [0.25, 0.3) is 0 Å². The second-order valence-corrected chi connectivity index (χ2v) is 8.30. The lowest BCUT2D eigenvalue weighted by atomic mass is 10.1. The molecule has 0 unspecified atom stereocenters. The van der Waals surface area contributed by atoms with Crippen molar-refractivity contribution >= 4 is 34.1 Å². The number of aromatic nitrogens is 4. The van der Waals surface area contributed by atoms with E-state index in [0.717, 1.165) is 29.6 Å². The number of benzene rings is 2. The predicted molar refractivity (Wildman–Crippen MR) is 142 cm³/mol. The number of nitrogens with one attached hydrogen (secondary N) is 3.